The molecule has 3 N–H and O–H groups in total. The highest BCUT2D eigenvalue weighted by Gasteiger charge is 2.21. The maximum Gasteiger partial charge on any atom is 0.251 e. The predicted octanol–water partition coefficient (Wildman–Crippen LogP) is 0.963. The summed E-state index contributed by atoms with van der Waals surface area (Å²) in [7, 11) is 0. The summed E-state index contributed by atoms with van der Waals surface area (Å²) in [6.45, 7) is 3.66. The third kappa shape index (κ3) is 3.90. The summed E-state index contributed by atoms with van der Waals surface area (Å²) < 4.78 is 0. The quantitative estimate of drug-likeness (QED) is 0.814. The van der Waals surface area contributed by atoms with Gasteiger partial charge in [0, 0.05) is 35.3 Å². The molecule has 0 spiro atoms. The van der Waals surface area contributed by atoms with Crippen molar-refractivity contribution in [3.8, 4) is 0 Å². The number of thioether (sulfide) groups is 1. The number of amides is 2. The first-order valence-electron chi connectivity index (χ1n) is 6.59. The van der Waals surface area contributed by atoms with E-state index >= 15 is 0 Å². The minimum absolute atomic E-state index is 0.0269. The van der Waals surface area contributed by atoms with Crippen molar-refractivity contribution in [3.63, 3.8) is 0 Å². The molecule has 1 aromatic carbocycles. The standard InChI is InChI=1S/C14H19N3O2S/c1-10-9-17(6-7-20-10)13(18)8-16-14(19)11-2-4-12(15)5-3-11/h2-5,10H,6-9,15H2,1H3,(H,16,19). The van der Waals surface area contributed by atoms with Gasteiger partial charge < -0.3 is 16.0 Å². The van der Waals surface area contributed by atoms with Gasteiger partial charge in [0.05, 0.1) is 6.54 Å². The molecular weight excluding hydrogens is 274 g/mol. The van der Waals surface area contributed by atoms with Crippen LogP contribution < -0.4 is 11.1 Å². The Bertz CT molecular complexity index is 490. The minimum Gasteiger partial charge on any atom is -0.399 e. The summed E-state index contributed by atoms with van der Waals surface area (Å²) in [6, 6.07) is 6.63. The molecule has 0 bridgehead atoms. The Kier molecular flexibility index (Phi) is 4.89. The van der Waals surface area contributed by atoms with E-state index in [9.17, 15) is 9.59 Å². The highest BCUT2D eigenvalue weighted by molar-refractivity contribution is 7.99. The Morgan fingerprint density at radius 1 is 1.40 bits per heavy atom. The summed E-state index contributed by atoms with van der Waals surface area (Å²) in [5.74, 6) is 0.678. The Morgan fingerprint density at radius 3 is 2.75 bits per heavy atom. The van der Waals surface area contributed by atoms with E-state index in [-0.39, 0.29) is 18.4 Å². The molecule has 2 amide bonds. The molecule has 1 aromatic rings. The zero-order chi connectivity index (χ0) is 14.5. The van der Waals surface area contributed by atoms with Crippen LogP contribution in [0.25, 0.3) is 0 Å². The Balaban J connectivity index is 1.83. The number of carbonyl (C=O) groups excluding carboxylic acids is 2. The van der Waals surface area contributed by atoms with Crippen molar-refractivity contribution >= 4 is 29.3 Å². The molecule has 1 aliphatic rings. The third-order valence-electron chi connectivity index (χ3n) is 3.17. The Morgan fingerprint density at radius 2 is 2.10 bits per heavy atom. The average Bonchev–Trinajstić information content (AvgIpc) is 2.45. The van der Waals surface area contributed by atoms with Crippen LogP contribution in [-0.2, 0) is 4.79 Å². The zero-order valence-corrected chi connectivity index (χ0v) is 12.3. The van der Waals surface area contributed by atoms with Gasteiger partial charge in [0.15, 0.2) is 0 Å². The van der Waals surface area contributed by atoms with E-state index in [0.717, 1.165) is 18.8 Å². The normalized spacial score (nSPS) is 18.6. The number of rotatable bonds is 3. The van der Waals surface area contributed by atoms with Crippen LogP contribution in [0.5, 0.6) is 0 Å². The van der Waals surface area contributed by atoms with E-state index in [4.69, 9.17) is 5.73 Å². The second-order valence-electron chi connectivity index (χ2n) is 4.83. The van der Waals surface area contributed by atoms with Crippen molar-refractivity contribution in [1.29, 1.82) is 0 Å². The molecule has 0 radical (unpaired) electrons. The second-order valence-corrected chi connectivity index (χ2v) is 6.37. The van der Waals surface area contributed by atoms with Crippen molar-refractivity contribution in [2.24, 2.45) is 0 Å². The fourth-order valence-electron chi connectivity index (χ4n) is 2.05. The lowest BCUT2D eigenvalue weighted by Crippen LogP contribution is -2.45. The smallest absolute Gasteiger partial charge is 0.251 e. The molecule has 1 unspecified atom stereocenters. The van der Waals surface area contributed by atoms with Crippen molar-refractivity contribution in [1.82, 2.24) is 10.2 Å². The van der Waals surface area contributed by atoms with E-state index in [1.807, 2.05) is 16.7 Å². The van der Waals surface area contributed by atoms with Crippen molar-refractivity contribution in [2.45, 2.75) is 12.2 Å². The van der Waals surface area contributed by atoms with E-state index in [1.165, 1.54) is 0 Å². The zero-order valence-electron chi connectivity index (χ0n) is 11.5. The van der Waals surface area contributed by atoms with Crippen LogP contribution >= 0.6 is 11.8 Å². The number of hydrogen-bond donors (Lipinski definition) is 2. The number of hydrogen-bond acceptors (Lipinski definition) is 4. The van der Waals surface area contributed by atoms with E-state index in [2.05, 4.69) is 12.2 Å². The molecule has 2 rings (SSSR count). The van der Waals surface area contributed by atoms with Gasteiger partial charge in [-0.05, 0) is 24.3 Å². The molecule has 5 nitrogen and oxygen atoms in total. The molecule has 0 aromatic heterocycles. The van der Waals surface area contributed by atoms with E-state index < -0.39 is 0 Å². The minimum atomic E-state index is -0.252. The van der Waals surface area contributed by atoms with Gasteiger partial charge in [0.1, 0.15) is 0 Å². The monoisotopic (exact) mass is 293 g/mol. The maximum absolute atomic E-state index is 12.0. The van der Waals surface area contributed by atoms with Gasteiger partial charge in [0.25, 0.3) is 5.91 Å². The molecule has 1 aliphatic heterocycles. The first-order valence-corrected chi connectivity index (χ1v) is 7.64. The van der Waals surface area contributed by atoms with Crippen LogP contribution in [0.1, 0.15) is 17.3 Å². The Hall–Kier alpha value is -1.69. The van der Waals surface area contributed by atoms with Crippen LogP contribution in [-0.4, -0.2) is 47.4 Å². The van der Waals surface area contributed by atoms with Gasteiger partial charge in [-0.2, -0.15) is 11.8 Å². The first-order chi connectivity index (χ1) is 9.56. The summed E-state index contributed by atoms with van der Waals surface area (Å²) >= 11 is 1.87. The lowest BCUT2D eigenvalue weighted by Gasteiger charge is -2.30. The summed E-state index contributed by atoms with van der Waals surface area (Å²) in [4.78, 5) is 25.7. The second kappa shape index (κ2) is 6.65. The molecule has 1 heterocycles. The fraction of sp³-hybridized carbons (Fsp3) is 0.429. The number of anilines is 1. The first kappa shape index (κ1) is 14.7. The number of benzene rings is 1. The molecule has 20 heavy (non-hydrogen) atoms. The molecule has 1 fully saturated rings. The van der Waals surface area contributed by atoms with Crippen molar-refractivity contribution < 1.29 is 9.59 Å². The van der Waals surface area contributed by atoms with Gasteiger partial charge in [-0.1, -0.05) is 6.92 Å². The van der Waals surface area contributed by atoms with Crippen LogP contribution in [0, 0.1) is 0 Å². The van der Waals surface area contributed by atoms with Crippen molar-refractivity contribution in [2.75, 3.05) is 31.1 Å². The van der Waals surface area contributed by atoms with Gasteiger partial charge in [-0.25, -0.2) is 0 Å². The van der Waals surface area contributed by atoms with Crippen LogP contribution in [0.4, 0.5) is 5.69 Å². The topological polar surface area (TPSA) is 75.4 Å². The third-order valence-corrected chi connectivity index (χ3v) is 4.30. The van der Waals surface area contributed by atoms with E-state index in [1.54, 1.807) is 24.3 Å². The van der Waals surface area contributed by atoms with Gasteiger partial charge in [0.2, 0.25) is 5.91 Å². The number of nitrogens with two attached hydrogens (primary N) is 1. The molecular formula is C14H19N3O2S. The van der Waals surface area contributed by atoms with Crippen LogP contribution in [0.3, 0.4) is 0 Å². The summed E-state index contributed by atoms with van der Waals surface area (Å²) in [6.07, 6.45) is 0. The highest BCUT2D eigenvalue weighted by atomic mass is 32.2. The van der Waals surface area contributed by atoms with Gasteiger partial charge in [-0.3, -0.25) is 9.59 Å². The molecule has 6 heteroatoms. The molecule has 0 aliphatic carbocycles. The maximum atomic E-state index is 12.0. The number of nitrogen functional groups attached to an aromatic ring is 1. The summed E-state index contributed by atoms with van der Waals surface area (Å²) in [5, 5.41) is 3.11. The lowest BCUT2D eigenvalue weighted by atomic mass is 10.2. The number of carbonyl (C=O) groups is 2. The van der Waals surface area contributed by atoms with Gasteiger partial charge >= 0.3 is 0 Å². The lowest BCUT2D eigenvalue weighted by molar-refractivity contribution is -0.130. The summed E-state index contributed by atoms with van der Waals surface area (Å²) in [5.41, 5.74) is 6.68. The number of nitrogens with zero attached hydrogens (tertiary/aromatic N) is 1. The number of nitrogens with one attached hydrogen (secondary N) is 1. The van der Waals surface area contributed by atoms with Crippen LogP contribution in [0.15, 0.2) is 24.3 Å². The van der Waals surface area contributed by atoms with E-state index in [0.29, 0.717) is 16.5 Å². The fourth-order valence-corrected chi connectivity index (χ4v) is 3.06. The molecule has 108 valence electrons. The van der Waals surface area contributed by atoms with Gasteiger partial charge in [-0.15, -0.1) is 0 Å². The van der Waals surface area contributed by atoms with Crippen LogP contribution in [0.2, 0.25) is 0 Å². The SMILES string of the molecule is CC1CN(C(=O)CNC(=O)c2ccc(N)cc2)CCS1. The average molecular weight is 293 g/mol. The highest BCUT2D eigenvalue weighted by Crippen LogP contribution is 2.17. The molecule has 1 atom stereocenters. The molecule has 1 saturated heterocycles. The molecule has 0 saturated carbocycles. The Labute approximate surface area is 122 Å². The van der Waals surface area contributed by atoms with Crippen molar-refractivity contribution in [3.05, 3.63) is 29.8 Å². The predicted molar refractivity (Wildman–Crippen MR) is 81.7 cm³/mol. The largest absolute Gasteiger partial charge is 0.399 e.